The first-order valence-electron chi connectivity index (χ1n) is 10.8. The number of benzene rings is 3. The van der Waals surface area contributed by atoms with Gasteiger partial charge in [0.05, 0.1) is 11.1 Å². The zero-order chi connectivity index (χ0) is 22.1. The Bertz CT molecular complexity index is 1190. The van der Waals surface area contributed by atoms with E-state index in [0.29, 0.717) is 17.7 Å². The highest BCUT2D eigenvalue weighted by Crippen LogP contribution is 2.30. The molecule has 2 heterocycles. The van der Waals surface area contributed by atoms with E-state index in [4.69, 9.17) is 0 Å². The highest BCUT2D eigenvalue weighted by atomic mass is 16.2. The SMILES string of the molecule is O=C(CCN1C(=O)c2ccccc2C1=O)Nc1ccccc1CN1CCc2ccccc21. The number of nitrogens with zero attached hydrogens (tertiary/aromatic N) is 2. The highest BCUT2D eigenvalue weighted by Gasteiger charge is 2.35. The molecule has 32 heavy (non-hydrogen) atoms. The van der Waals surface area contributed by atoms with Gasteiger partial charge in [0.2, 0.25) is 5.91 Å². The number of rotatable bonds is 6. The summed E-state index contributed by atoms with van der Waals surface area (Å²) in [6.07, 6.45) is 1.07. The standard InChI is InChI=1S/C26H23N3O3/c30-24(14-16-29-25(31)20-9-3-4-10-21(20)26(29)32)27-22-11-5-1-8-19(22)17-28-15-13-18-7-2-6-12-23(18)28/h1-12H,13-17H2,(H,27,30). The van der Waals surface area contributed by atoms with Crippen molar-refractivity contribution in [2.45, 2.75) is 19.4 Å². The van der Waals surface area contributed by atoms with Crippen LogP contribution >= 0.6 is 0 Å². The summed E-state index contributed by atoms with van der Waals surface area (Å²) in [4.78, 5) is 41.1. The first-order chi connectivity index (χ1) is 15.6. The fraction of sp³-hybridized carbons (Fsp3) is 0.192. The van der Waals surface area contributed by atoms with Gasteiger partial charge in [-0.3, -0.25) is 19.3 Å². The van der Waals surface area contributed by atoms with Crippen LogP contribution in [0.25, 0.3) is 0 Å². The second-order valence-corrected chi connectivity index (χ2v) is 8.06. The smallest absolute Gasteiger partial charge is 0.261 e. The first kappa shape index (κ1) is 20.0. The van der Waals surface area contributed by atoms with Gasteiger partial charge in [-0.1, -0.05) is 48.5 Å². The number of amides is 3. The van der Waals surface area contributed by atoms with Crippen LogP contribution in [-0.4, -0.2) is 35.7 Å². The average molecular weight is 425 g/mol. The van der Waals surface area contributed by atoms with E-state index >= 15 is 0 Å². The van der Waals surface area contributed by atoms with Crippen LogP contribution in [0, 0.1) is 0 Å². The Hall–Kier alpha value is -3.93. The molecule has 0 atom stereocenters. The van der Waals surface area contributed by atoms with Crippen LogP contribution in [-0.2, 0) is 17.8 Å². The number of hydrogen-bond donors (Lipinski definition) is 1. The average Bonchev–Trinajstić information content (AvgIpc) is 3.33. The van der Waals surface area contributed by atoms with E-state index in [-0.39, 0.29) is 30.7 Å². The van der Waals surface area contributed by atoms with Crippen molar-refractivity contribution in [1.29, 1.82) is 0 Å². The zero-order valence-electron chi connectivity index (χ0n) is 17.6. The van der Waals surface area contributed by atoms with Crippen molar-refractivity contribution in [3.05, 3.63) is 95.1 Å². The molecule has 1 N–H and O–H groups in total. The van der Waals surface area contributed by atoms with E-state index in [2.05, 4.69) is 28.4 Å². The molecule has 2 aliphatic rings. The van der Waals surface area contributed by atoms with Gasteiger partial charge in [0.1, 0.15) is 0 Å². The molecule has 0 saturated carbocycles. The molecule has 0 aliphatic carbocycles. The number of imide groups is 1. The molecule has 5 rings (SSSR count). The van der Waals surface area contributed by atoms with Gasteiger partial charge < -0.3 is 10.2 Å². The Morgan fingerprint density at radius 1 is 0.844 bits per heavy atom. The second-order valence-electron chi connectivity index (χ2n) is 8.06. The maximum atomic E-state index is 12.7. The number of hydrogen-bond acceptors (Lipinski definition) is 4. The second kappa shape index (κ2) is 8.30. The summed E-state index contributed by atoms with van der Waals surface area (Å²) in [7, 11) is 0. The van der Waals surface area contributed by atoms with Crippen molar-refractivity contribution < 1.29 is 14.4 Å². The number of carbonyl (C=O) groups is 3. The summed E-state index contributed by atoms with van der Waals surface area (Å²) in [5.41, 5.74) is 5.15. The summed E-state index contributed by atoms with van der Waals surface area (Å²) >= 11 is 0. The largest absolute Gasteiger partial charge is 0.367 e. The molecule has 0 bridgehead atoms. The van der Waals surface area contributed by atoms with Crippen LogP contribution in [0.2, 0.25) is 0 Å². The van der Waals surface area contributed by atoms with Crippen molar-refractivity contribution in [2.75, 3.05) is 23.3 Å². The lowest BCUT2D eigenvalue weighted by Crippen LogP contribution is -2.33. The number of para-hydroxylation sites is 2. The van der Waals surface area contributed by atoms with E-state index in [9.17, 15) is 14.4 Å². The summed E-state index contributed by atoms with van der Waals surface area (Å²) in [6, 6.07) is 22.9. The van der Waals surface area contributed by atoms with Crippen LogP contribution in [0.15, 0.2) is 72.8 Å². The van der Waals surface area contributed by atoms with Crippen molar-refractivity contribution in [1.82, 2.24) is 4.90 Å². The summed E-state index contributed by atoms with van der Waals surface area (Å²) < 4.78 is 0. The van der Waals surface area contributed by atoms with Crippen molar-refractivity contribution >= 4 is 29.1 Å². The quantitative estimate of drug-likeness (QED) is 0.609. The van der Waals surface area contributed by atoms with Gasteiger partial charge in [0.15, 0.2) is 0 Å². The van der Waals surface area contributed by atoms with E-state index in [1.54, 1.807) is 24.3 Å². The van der Waals surface area contributed by atoms with Gasteiger partial charge in [-0.2, -0.15) is 0 Å². The van der Waals surface area contributed by atoms with E-state index in [1.807, 2.05) is 30.3 Å². The van der Waals surface area contributed by atoms with Crippen LogP contribution in [0.5, 0.6) is 0 Å². The molecule has 3 aromatic carbocycles. The van der Waals surface area contributed by atoms with Gasteiger partial charge in [0, 0.05) is 37.4 Å². The molecular formula is C26H23N3O3. The minimum Gasteiger partial charge on any atom is -0.367 e. The lowest BCUT2D eigenvalue weighted by Gasteiger charge is -2.21. The van der Waals surface area contributed by atoms with Gasteiger partial charge in [-0.15, -0.1) is 0 Å². The van der Waals surface area contributed by atoms with Gasteiger partial charge >= 0.3 is 0 Å². The Kier molecular flexibility index (Phi) is 5.19. The number of anilines is 2. The Morgan fingerprint density at radius 2 is 1.50 bits per heavy atom. The molecule has 6 heteroatoms. The molecule has 0 unspecified atom stereocenters. The fourth-order valence-electron chi connectivity index (χ4n) is 4.42. The number of fused-ring (bicyclic) bond motifs is 2. The van der Waals surface area contributed by atoms with E-state index in [1.165, 1.54) is 11.3 Å². The zero-order valence-corrected chi connectivity index (χ0v) is 17.6. The normalized spacial score (nSPS) is 14.5. The molecular weight excluding hydrogens is 402 g/mol. The third kappa shape index (κ3) is 3.64. The van der Waals surface area contributed by atoms with Crippen LogP contribution in [0.1, 0.15) is 38.3 Å². The molecule has 6 nitrogen and oxygen atoms in total. The van der Waals surface area contributed by atoms with E-state index in [0.717, 1.165) is 29.1 Å². The van der Waals surface area contributed by atoms with Crippen molar-refractivity contribution in [2.24, 2.45) is 0 Å². The molecule has 0 aromatic heterocycles. The first-order valence-corrected chi connectivity index (χ1v) is 10.8. The molecule has 160 valence electrons. The van der Waals surface area contributed by atoms with Crippen molar-refractivity contribution in [3.63, 3.8) is 0 Å². The van der Waals surface area contributed by atoms with Gasteiger partial charge in [-0.05, 0) is 41.8 Å². The molecule has 0 fully saturated rings. The topological polar surface area (TPSA) is 69.7 Å². The predicted molar refractivity (Wildman–Crippen MR) is 123 cm³/mol. The van der Waals surface area contributed by atoms with Crippen LogP contribution in [0.4, 0.5) is 11.4 Å². The van der Waals surface area contributed by atoms with Crippen molar-refractivity contribution in [3.8, 4) is 0 Å². The van der Waals surface area contributed by atoms with E-state index < -0.39 is 0 Å². The fourth-order valence-corrected chi connectivity index (χ4v) is 4.42. The van der Waals surface area contributed by atoms with Gasteiger partial charge in [0.25, 0.3) is 11.8 Å². The summed E-state index contributed by atoms with van der Waals surface area (Å²) in [5, 5.41) is 2.97. The molecule has 0 saturated heterocycles. The Labute approximate surface area is 186 Å². The molecule has 2 aliphatic heterocycles. The molecule has 0 spiro atoms. The third-order valence-corrected chi connectivity index (χ3v) is 6.08. The molecule has 3 amide bonds. The minimum absolute atomic E-state index is 0.0480. The highest BCUT2D eigenvalue weighted by molar-refractivity contribution is 6.21. The molecule has 0 radical (unpaired) electrons. The molecule has 3 aromatic rings. The summed E-state index contributed by atoms with van der Waals surface area (Å²) in [6.45, 7) is 1.70. The monoisotopic (exact) mass is 425 g/mol. The number of carbonyl (C=O) groups excluding carboxylic acids is 3. The lowest BCUT2D eigenvalue weighted by molar-refractivity contribution is -0.116. The lowest BCUT2D eigenvalue weighted by atomic mass is 10.1. The van der Waals surface area contributed by atoms with Gasteiger partial charge in [-0.25, -0.2) is 0 Å². The predicted octanol–water partition coefficient (Wildman–Crippen LogP) is 3.87. The van der Waals surface area contributed by atoms with Crippen LogP contribution in [0.3, 0.4) is 0 Å². The summed E-state index contributed by atoms with van der Waals surface area (Å²) in [5.74, 6) is -0.908. The van der Waals surface area contributed by atoms with Crippen LogP contribution < -0.4 is 10.2 Å². The third-order valence-electron chi connectivity index (χ3n) is 6.08. The minimum atomic E-state index is -0.341. The number of nitrogens with one attached hydrogen (secondary N) is 1. The maximum absolute atomic E-state index is 12.7. The maximum Gasteiger partial charge on any atom is 0.261 e. The Balaban J connectivity index is 1.23. The Morgan fingerprint density at radius 3 is 2.28 bits per heavy atom.